The molecule has 1 aromatic heterocycles. The summed E-state index contributed by atoms with van der Waals surface area (Å²) in [5.41, 5.74) is 3.12. The summed E-state index contributed by atoms with van der Waals surface area (Å²) < 4.78 is -0.222. The summed E-state index contributed by atoms with van der Waals surface area (Å²) in [5, 5.41) is 1.09. The van der Waals surface area contributed by atoms with E-state index in [1.165, 1.54) is 0 Å². The number of fused-ring (bicyclic) bond motifs is 1. The van der Waals surface area contributed by atoms with Crippen molar-refractivity contribution < 1.29 is 0 Å². The number of aromatic nitrogens is 2. The number of alkyl halides is 1. The first kappa shape index (κ1) is 15.5. The summed E-state index contributed by atoms with van der Waals surface area (Å²) in [4.78, 5) is 9.92. The van der Waals surface area contributed by atoms with Crippen LogP contribution in [0.2, 0.25) is 0 Å². The molecule has 0 N–H and O–H groups in total. The minimum absolute atomic E-state index is 0.222. The lowest BCUT2D eigenvalue weighted by molar-refractivity contribution is 0.580. The van der Waals surface area contributed by atoms with Crippen LogP contribution in [0.15, 0.2) is 78.9 Å². The lowest BCUT2D eigenvalue weighted by atomic mass is 9.89. The van der Waals surface area contributed by atoms with Gasteiger partial charge in [-0.25, -0.2) is 9.97 Å². The Balaban J connectivity index is 1.99. The van der Waals surface area contributed by atoms with Gasteiger partial charge in [-0.3, -0.25) is 0 Å². The summed E-state index contributed by atoms with van der Waals surface area (Å²) in [7, 11) is 0. The highest BCUT2D eigenvalue weighted by molar-refractivity contribution is 14.1. The first-order valence-corrected chi connectivity index (χ1v) is 9.14. The molecule has 118 valence electrons. The van der Waals surface area contributed by atoms with Crippen LogP contribution in [0.4, 0.5) is 0 Å². The van der Waals surface area contributed by atoms with Gasteiger partial charge in [0.05, 0.1) is 11.2 Å². The molecule has 0 saturated heterocycles. The molecular weight excluding hydrogens is 407 g/mol. The molecule has 1 aliphatic rings. The van der Waals surface area contributed by atoms with E-state index in [1.54, 1.807) is 0 Å². The molecule has 0 spiro atoms. The quantitative estimate of drug-likeness (QED) is 0.390. The molecule has 1 heterocycles. The van der Waals surface area contributed by atoms with Crippen LogP contribution in [0, 0.1) is 5.92 Å². The standard InChI is InChI=1S/C21H17IN2/c1-15-9-7-8-14-21(15,22)20-23-18-13-6-5-12-17(18)19(24-20)16-10-3-2-4-11-16/h2-15H,1H3. The van der Waals surface area contributed by atoms with Gasteiger partial charge < -0.3 is 0 Å². The van der Waals surface area contributed by atoms with Gasteiger partial charge in [0, 0.05) is 10.9 Å². The van der Waals surface area contributed by atoms with Crippen LogP contribution in [0.5, 0.6) is 0 Å². The zero-order chi connectivity index (χ0) is 16.6. The molecule has 0 saturated carbocycles. The van der Waals surface area contributed by atoms with Gasteiger partial charge in [0.2, 0.25) is 0 Å². The average molecular weight is 424 g/mol. The number of hydrogen-bond acceptors (Lipinski definition) is 2. The van der Waals surface area contributed by atoms with Crippen molar-refractivity contribution in [2.24, 2.45) is 5.92 Å². The average Bonchev–Trinajstić information content (AvgIpc) is 2.64. The monoisotopic (exact) mass is 424 g/mol. The number of nitrogens with zero attached hydrogens (tertiary/aromatic N) is 2. The van der Waals surface area contributed by atoms with Gasteiger partial charge >= 0.3 is 0 Å². The fraction of sp³-hybridized carbons (Fsp3) is 0.143. The summed E-state index contributed by atoms with van der Waals surface area (Å²) >= 11 is 2.49. The summed E-state index contributed by atoms with van der Waals surface area (Å²) in [5.74, 6) is 1.21. The number of hydrogen-bond donors (Lipinski definition) is 0. The summed E-state index contributed by atoms with van der Waals surface area (Å²) in [6.45, 7) is 2.22. The minimum atomic E-state index is -0.222. The predicted octanol–water partition coefficient (Wildman–Crippen LogP) is 5.69. The molecule has 24 heavy (non-hydrogen) atoms. The van der Waals surface area contributed by atoms with Crippen molar-refractivity contribution in [3.8, 4) is 11.3 Å². The van der Waals surface area contributed by atoms with E-state index in [4.69, 9.17) is 9.97 Å². The van der Waals surface area contributed by atoms with E-state index in [9.17, 15) is 0 Å². The van der Waals surface area contributed by atoms with Crippen molar-refractivity contribution in [1.82, 2.24) is 9.97 Å². The van der Waals surface area contributed by atoms with E-state index in [0.717, 1.165) is 28.0 Å². The molecule has 2 nitrogen and oxygen atoms in total. The zero-order valence-electron chi connectivity index (χ0n) is 13.4. The number of rotatable bonds is 2. The summed E-state index contributed by atoms with van der Waals surface area (Å²) in [6, 6.07) is 18.6. The highest BCUT2D eigenvalue weighted by atomic mass is 127. The lowest BCUT2D eigenvalue weighted by Gasteiger charge is -2.30. The van der Waals surface area contributed by atoms with Crippen molar-refractivity contribution in [3.05, 3.63) is 84.7 Å². The fourth-order valence-corrected chi connectivity index (χ4v) is 3.72. The number of allylic oxidation sites excluding steroid dienone is 4. The first-order chi connectivity index (χ1) is 11.7. The Hall–Kier alpha value is -2.01. The molecule has 2 unspecified atom stereocenters. The number of halogens is 1. The molecule has 0 fully saturated rings. The Morgan fingerprint density at radius 3 is 2.46 bits per heavy atom. The second-order valence-corrected chi connectivity index (χ2v) is 7.86. The van der Waals surface area contributed by atoms with Gasteiger partial charge in [-0.2, -0.15) is 0 Å². The molecule has 0 aliphatic heterocycles. The predicted molar refractivity (Wildman–Crippen MR) is 108 cm³/mol. The van der Waals surface area contributed by atoms with E-state index in [-0.39, 0.29) is 3.42 Å². The third-order valence-corrected chi connectivity index (χ3v) is 6.33. The second-order valence-electron chi connectivity index (χ2n) is 6.08. The van der Waals surface area contributed by atoms with E-state index in [2.05, 4.69) is 90.2 Å². The molecule has 3 aromatic rings. The SMILES string of the molecule is CC1C=CC=CC1(I)c1nc(-c2ccccc2)c2ccccc2n1. The van der Waals surface area contributed by atoms with Crippen LogP contribution in [0.3, 0.4) is 0 Å². The third-order valence-electron chi connectivity index (χ3n) is 4.51. The Labute approximate surface area is 155 Å². The van der Waals surface area contributed by atoms with Gasteiger partial charge in [0.15, 0.2) is 0 Å². The molecule has 2 aromatic carbocycles. The Morgan fingerprint density at radius 2 is 1.67 bits per heavy atom. The van der Waals surface area contributed by atoms with Crippen molar-refractivity contribution in [3.63, 3.8) is 0 Å². The summed E-state index contributed by atoms with van der Waals surface area (Å²) in [6.07, 6.45) is 8.61. The van der Waals surface area contributed by atoms with Crippen LogP contribution in [0.1, 0.15) is 12.7 Å². The van der Waals surface area contributed by atoms with E-state index < -0.39 is 0 Å². The lowest BCUT2D eigenvalue weighted by Crippen LogP contribution is -2.27. The molecule has 0 radical (unpaired) electrons. The zero-order valence-corrected chi connectivity index (χ0v) is 15.5. The van der Waals surface area contributed by atoms with Crippen molar-refractivity contribution in [2.45, 2.75) is 10.3 Å². The van der Waals surface area contributed by atoms with Crippen LogP contribution < -0.4 is 0 Å². The maximum absolute atomic E-state index is 5.01. The van der Waals surface area contributed by atoms with Gasteiger partial charge in [0.25, 0.3) is 0 Å². The normalized spacial score (nSPS) is 22.8. The highest BCUT2D eigenvalue weighted by Gasteiger charge is 2.36. The van der Waals surface area contributed by atoms with Gasteiger partial charge in [-0.05, 0) is 12.0 Å². The smallest absolute Gasteiger partial charge is 0.150 e. The fourth-order valence-electron chi connectivity index (χ4n) is 3.06. The molecule has 2 atom stereocenters. The van der Waals surface area contributed by atoms with Crippen LogP contribution in [-0.2, 0) is 3.42 Å². The topological polar surface area (TPSA) is 25.8 Å². The van der Waals surface area contributed by atoms with Gasteiger partial charge in [-0.15, -0.1) is 0 Å². The minimum Gasteiger partial charge on any atom is -0.231 e. The Morgan fingerprint density at radius 1 is 0.917 bits per heavy atom. The molecular formula is C21H17IN2. The molecule has 0 amide bonds. The van der Waals surface area contributed by atoms with Crippen LogP contribution in [0.25, 0.3) is 22.2 Å². The van der Waals surface area contributed by atoms with Crippen LogP contribution in [-0.4, -0.2) is 9.97 Å². The third kappa shape index (κ3) is 2.57. The molecule has 1 aliphatic carbocycles. The second kappa shape index (κ2) is 6.13. The van der Waals surface area contributed by atoms with Crippen molar-refractivity contribution in [2.75, 3.05) is 0 Å². The number of para-hydroxylation sites is 1. The van der Waals surface area contributed by atoms with Crippen molar-refractivity contribution in [1.29, 1.82) is 0 Å². The van der Waals surface area contributed by atoms with Crippen molar-refractivity contribution >= 4 is 33.5 Å². The van der Waals surface area contributed by atoms with E-state index in [0.29, 0.717) is 5.92 Å². The maximum atomic E-state index is 5.01. The van der Waals surface area contributed by atoms with Gasteiger partial charge in [-0.1, -0.05) is 102 Å². The molecule has 3 heteroatoms. The molecule has 4 rings (SSSR count). The van der Waals surface area contributed by atoms with Crippen LogP contribution >= 0.6 is 22.6 Å². The van der Waals surface area contributed by atoms with Gasteiger partial charge in [0.1, 0.15) is 9.25 Å². The Bertz CT molecular complexity index is 946. The first-order valence-electron chi connectivity index (χ1n) is 8.06. The van der Waals surface area contributed by atoms with E-state index >= 15 is 0 Å². The number of benzene rings is 2. The molecule has 0 bridgehead atoms. The Kier molecular flexibility index (Phi) is 3.96. The maximum Gasteiger partial charge on any atom is 0.150 e. The largest absolute Gasteiger partial charge is 0.231 e. The van der Waals surface area contributed by atoms with E-state index in [1.807, 2.05) is 18.2 Å². The highest BCUT2D eigenvalue weighted by Crippen LogP contribution is 2.43.